The van der Waals surface area contributed by atoms with Gasteiger partial charge in [0.25, 0.3) is 0 Å². The molecule has 0 saturated heterocycles. The summed E-state index contributed by atoms with van der Waals surface area (Å²) >= 11 is 0. The molecule has 0 radical (unpaired) electrons. The molecule has 2 aliphatic carbocycles. The Morgan fingerprint density at radius 2 is 1.94 bits per heavy atom. The summed E-state index contributed by atoms with van der Waals surface area (Å²) in [6.45, 7) is 4.00. The van der Waals surface area contributed by atoms with Crippen LogP contribution in [-0.4, -0.2) is 24.0 Å². The predicted molar refractivity (Wildman–Crippen MR) is 127 cm³/mol. The van der Waals surface area contributed by atoms with Crippen molar-refractivity contribution in [1.29, 1.82) is 0 Å². The van der Waals surface area contributed by atoms with Gasteiger partial charge < -0.3 is 9.84 Å². The second-order valence-corrected chi connectivity index (χ2v) is 9.00. The number of Topliss-reactive ketones (excluding diaryl/α,β-unsaturated/α-hetero) is 1. The molecule has 166 valence electrons. The lowest BCUT2D eigenvalue weighted by Crippen LogP contribution is -2.28. The molecule has 1 N–H and O–H groups in total. The summed E-state index contributed by atoms with van der Waals surface area (Å²) in [4.78, 5) is 24.3. The van der Waals surface area contributed by atoms with Gasteiger partial charge in [-0.1, -0.05) is 50.1 Å². The van der Waals surface area contributed by atoms with Gasteiger partial charge in [-0.25, -0.2) is 4.79 Å². The predicted octanol–water partition coefficient (Wildman–Crippen LogP) is 6.19. The highest BCUT2D eigenvalue weighted by Gasteiger charge is 2.46. The average Bonchev–Trinajstić information content (AvgIpc) is 3.11. The molecule has 0 spiro atoms. The summed E-state index contributed by atoms with van der Waals surface area (Å²) in [7, 11) is 1.69. The SMILES string of the molecule is CCCCC12CCC(=O)C(c3ccc(/C(C)=C/C(=O)O)cc3)=C1c1ccc(OC)cc1C2. The number of hydrogen-bond acceptors (Lipinski definition) is 3. The number of allylic oxidation sites excluding steroid dienone is 3. The summed E-state index contributed by atoms with van der Waals surface area (Å²) in [6, 6.07) is 14.0. The second kappa shape index (κ2) is 8.78. The van der Waals surface area contributed by atoms with Crippen molar-refractivity contribution < 1.29 is 19.4 Å². The van der Waals surface area contributed by atoms with Crippen LogP contribution in [0.5, 0.6) is 5.75 Å². The number of benzene rings is 2. The number of fused-ring (bicyclic) bond motifs is 3. The molecule has 0 bridgehead atoms. The quantitative estimate of drug-likeness (QED) is 0.532. The van der Waals surface area contributed by atoms with E-state index >= 15 is 0 Å². The monoisotopic (exact) mass is 430 g/mol. The highest BCUT2D eigenvalue weighted by molar-refractivity contribution is 6.30. The molecule has 4 nitrogen and oxygen atoms in total. The van der Waals surface area contributed by atoms with Crippen LogP contribution < -0.4 is 4.74 Å². The highest BCUT2D eigenvalue weighted by Crippen LogP contribution is 2.58. The third-order valence-corrected chi connectivity index (χ3v) is 6.98. The van der Waals surface area contributed by atoms with Gasteiger partial charge >= 0.3 is 5.97 Å². The molecule has 0 aromatic heterocycles. The van der Waals surface area contributed by atoms with E-state index in [2.05, 4.69) is 19.1 Å². The minimum Gasteiger partial charge on any atom is -0.497 e. The third-order valence-electron chi connectivity index (χ3n) is 6.98. The van der Waals surface area contributed by atoms with Crippen LogP contribution in [0.3, 0.4) is 0 Å². The Morgan fingerprint density at radius 1 is 1.19 bits per heavy atom. The Morgan fingerprint density at radius 3 is 2.59 bits per heavy atom. The van der Waals surface area contributed by atoms with E-state index in [9.17, 15) is 9.59 Å². The third kappa shape index (κ3) is 3.90. The Labute approximate surface area is 189 Å². The largest absolute Gasteiger partial charge is 0.497 e. The minimum absolute atomic E-state index is 0.00818. The lowest BCUT2D eigenvalue weighted by Gasteiger charge is -2.36. The first-order valence-corrected chi connectivity index (χ1v) is 11.4. The zero-order valence-electron chi connectivity index (χ0n) is 19.0. The number of ketones is 1. The maximum atomic E-state index is 13.3. The van der Waals surface area contributed by atoms with Crippen molar-refractivity contribution in [2.75, 3.05) is 7.11 Å². The van der Waals surface area contributed by atoms with Crippen LogP contribution in [0.25, 0.3) is 16.7 Å². The van der Waals surface area contributed by atoms with Gasteiger partial charge in [-0.3, -0.25) is 4.79 Å². The molecule has 1 unspecified atom stereocenters. The maximum absolute atomic E-state index is 13.3. The van der Waals surface area contributed by atoms with Crippen molar-refractivity contribution in [2.45, 2.75) is 52.4 Å². The van der Waals surface area contributed by atoms with Crippen molar-refractivity contribution in [2.24, 2.45) is 5.41 Å². The van der Waals surface area contributed by atoms with E-state index in [0.29, 0.717) is 12.0 Å². The van der Waals surface area contributed by atoms with Crippen molar-refractivity contribution in [3.63, 3.8) is 0 Å². The summed E-state index contributed by atoms with van der Waals surface area (Å²) < 4.78 is 5.47. The van der Waals surface area contributed by atoms with Crippen LogP contribution in [0.15, 0.2) is 48.5 Å². The topological polar surface area (TPSA) is 63.6 Å². The van der Waals surface area contributed by atoms with Gasteiger partial charge in [0.05, 0.1) is 7.11 Å². The molecule has 32 heavy (non-hydrogen) atoms. The van der Waals surface area contributed by atoms with Gasteiger partial charge in [0, 0.05) is 23.5 Å². The van der Waals surface area contributed by atoms with E-state index in [1.54, 1.807) is 14.0 Å². The van der Waals surface area contributed by atoms with Crippen LogP contribution in [0.4, 0.5) is 0 Å². The molecular weight excluding hydrogens is 400 g/mol. The Balaban J connectivity index is 1.87. The first-order chi connectivity index (χ1) is 15.4. The van der Waals surface area contributed by atoms with Crippen LogP contribution in [0.1, 0.15) is 68.2 Å². The van der Waals surface area contributed by atoms with Crippen molar-refractivity contribution in [1.82, 2.24) is 0 Å². The standard InChI is InChI=1S/C28H30O4/c1-4-5-13-28-14-12-24(29)26(20-8-6-19(7-9-20)18(2)15-25(30)31)27(28)23-11-10-22(32-3)16-21(23)17-28/h6-11,15-16H,4-5,12-14,17H2,1-3H3,(H,30,31)/b18-15+. The van der Waals surface area contributed by atoms with Gasteiger partial charge in [0.15, 0.2) is 5.78 Å². The number of aliphatic carboxylic acids is 1. The minimum atomic E-state index is -0.960. The number of carbonyl (C=O) groups is 2. The molecule has 0 aliphatic heterocycles. The zero-order valence-corrected chi connectivity index (χ0v) is 19.0. The summed E-state index contributed by atoms with van der Waals surface area (Å²) in [5.74, 6) is 0.0885. The fraction of sp³-hybridized carbons (Fsp3) is 0.357. The molecule has 0 saturated carbocycles. The number of unbranched alkanes of at least 4 members (excludes halogenated alkanes) is 1. The molecule has 2 aromatic carbocycles. The van der Waals surface area contributed by atoms with Gasteiger partial charge in [-0.05, 0) is 71.7 Å². The first-order valence-electron chi connectivity index (χ1n) is 11.4. The van der Waals surface area contributed by atoms with Gasteiger partial charge in [-0.15, -0.1) is 0 Å². The molecule has 0 amide bonds. The van der Waals surface area contributed by atoms with Crippen molar-refractivity contribution in [3.8, 4) is 5.75 Å². The summed E-state index contributed by atoms with van der Waals surface area (Å²) in [6.07, 6.45) is 6.94. The fourth-order valence-electron chi connectivity index (χ4n) is 5.38. The number of rotatable bonds is 7. The number of ether oxygens (including phenoxy) is 1. The number of carbonyl (C=O) groups excluding carboxylic acids is 1. The van der Waals surface area contributed by atoms with E-state index in [1.807, 2.05) is 30.3 Å². The summed E-state index contributed by atoms with van der Waals surface area (Å²) in [5, 5.41) is 9.03. The Hall–Kier alpha value is -3.14. The van der Waals surface area contributed by atoms with E-state index < -0.39 is 5.97 Å². The van der Waals surface area contributed by atoms with E-state index in [1.165, 1.54) is 22.8 Å². The normalized spacial score (nSPS) is 20.2. The second-order valence-electron chi connectivity index (χ2n) is 9.00. The van der Waals surface area contributed by atoms with Crippen LogP contribution in [-0.2, 0) is 16.0 Å². The van der Waals surface area contributed by atoms with E-state index in [-0.39, 0.29) is 11.2 Å². The molecule has 2 aliphatic rings. The lowest BCUT2D eigenvalue weighted by atomic mass is 9.66. The number of carboxylic acid groups (broad SMARTS) is 1. The zero-order chi connectivity index (χ0) is 22.9. The maximum Gasteiger partial charge on any atom is 0.328 e. The van der Waals surface area contributed by atoms with Gasteiger partial charge in [0.1, 0.15) is 5.75 Å². The van der Waals surface area contributed by atoms with Crippen LogP contribution in [0, 0.1) is 5.41 Å². The average molecular weight is 431 g/mol. The molecule has 0 fully saturated rings. The number of methoxy groups -OCH3 is 1. The molecular formula is C28H30O4. The van der Waals surface area contributed by atoms with E-state index in [0.717, 1.165) is 54.6 Å². The van der Waals surface area contributed by atoms with Crippen LogP contribution in [0.2, 0.25) is 0 Å². The Bertz CT molecular complexity index is 1120. The van der Waals surface area contributed by atoms with E-state index in [4.69, 9.17) is 9.84 Å². The fourth-order valence-corrected chi connectivity index (χ4v) is 5.38. The molecule has 2 aromatic rings. The smallest absolute Gasteiger partial charge is 0.328 e. The molecule has 4 heteroatoms. The summed E-state index contributed by atoms with van der Waals surface area (Å²) in [5.41, 5.74) is 6.92. The number of hydrogen-bond donors (Lipinski definition) is 1. The van der Waals surface area contributed by atoms with Crippen molar-refractivity contribution in [3.05, 3.63) is 70.8 Å². The molecule has 1 atom stereocenters. The molecule has 0 heterocycles. The number of carboxylic acids is 1. The molecule has 4 rings (SSSR count). The van der Waals surface area contributed by atoms with Crippen molar-refractivity contribution >= 4 is 28.5 Å². The van der Waals surface area contributed by atoms with Crippen LogP contribution >= 0.6 is 0 Å². The first kappa shape index (κ1) is 22.1. The van der Waals surface area contributed by atoms with Gasteiger partial charge in [-0.2, -0.15) is 0 Å². The van der Waals surface area contributed by atoms with Gasteiger partial charge in [0.2, 0.25) is 0 Å². The highest BCUT2D eigenvalue weighted by atomic mass is 16.5. The lowest BCUT2D eigenvalue weighted by molar-refractivity contribution is -0.131. The Kier molecular flexibility index (Phi) is 6.05.